The van der Waals surface area contributed by atoms with Gasteiger partial charge in [-0.05, 0) is 48.9 Å². The molecule has 4 rings (SSSR count). The molecular weight excluding hydrogens is 452 g/mol. The van der Waals surface area contributed by atoms with Crippen molar-refractivity contribution in [2.75, 3.05) is 18.4 Å². The average Bonchev–Trinajstić information content (AvgIpc) is 2.82. The molecule has 2 atom stereocenters. The van der Waals surface area contributed by atoms with E-state index >= 15 is 0 Å². The molecule has 1 aliphatic rings. The van der Waals surface area contributed by atoms with Crippen LogP contribution in [0.15, 0.2) is 61.1 Å². The first-order chi connectivity index (χ1) is 16.2. The highest BCUT2D eigenvalue weighted by molar-refractivity contribution is 5.93. The number of rotatable bonds is 6. The summed E-state index contributed by atoms with van der Waals surface area (Å²) in [5.41, 5.74) is 0.479. The number of halogens is 4. The maximum atomic E-state index is 14.6. The Morgan fingerprint density at radius 3 is 2.62 bits per heavy atom. The Kier molecular flexibility index (Phi) is 6.78. The fraction of sp³-hybridized carbons (Fsp3) is 0.292. The standard InChI is InChI=1S/C24H22F4N4O2/c1-15(32-11-8-24(27,28)19(14-32)16-6-9-29-10-7-16)23(33)31-22-5-3-18(13-30-22)34-21-4-2-17(25)12-20(21)26/h2-7,9-10,12-13,15,19H,8,11,14H2,1H3,(H,30,31,33)/t15-,19?/m0/s1. The van der Waals surface area contributed by atoms with Gasteiger partial charge in [0.15, 0.2) is 11.6 Å². The largest absolute Gasteiger partial charge is 0.453 e. The second-order valence-corrected chi connectivity index (χ2v) is 8.06. The van der Waals surface area contributed by atoms with Crippen LogP contribution in [0.25, 0.3) is 0 Å². The highest BCUT2D eigenvalue weighted by Crippen LogP contribution is 2.40. The van der Waals surface area contributed by atoms with Gasteiger partial charge in [0.25, 0.3) is 5.92 Å². The van der Waals surface area contributed by atoms with E-state index in [2.05, 4.69) is 15.3 Å². The number of likely N-dealkylation sites (tertiary alicyclic amines) is 1. The minimum absolute atomic E-state index is 0.0229. The first-order valence-corrected chi connectivity index (χ1v) is 10.6. The van der Waals surface area contributed by atoms with E-state index < -0.39 is 35.4 Å². The van der Waals surface area contributed by atoms with Crippen LogP contribution in [0.3, 0.4) is 0 Å². The summed E-state index contributed by atoms with van der Waals surface area (Å²) in [5, 5.41) is 2.66. The van der Waals surface area contributed by atoms with Crippen LogP contribution in [0.2, 0.25) is 0 Å². The van der Waals surface area contributed by atoms with Crippen LogP contribution in [0.1, 0.15) is 24.8 Å². The van der Waals surface area contributed by atoms with E-state index in [1.54, 1.807) is 24.0 Å². The van der Waals surface area contributed by atoms with Gasteiger partial charge in [0, 0.05) is 38.0 Å². The molecule has 1 N–H and O–H groups in total. The number of pyridine rings is 2. The fourth-order valence-corrected chi connectivity index (χ4v) is 3.82. The molecule has 0 bridgehead atoms. The number of carbonyl (C=O) groups excluding carboxylic acids is 1. The molecular formula is C24H22F4N4O2. The van der Waals surface area contributed by atoms with Crippen LogP contribution in [0.4, 0.5) is 23.4 Å². The normalized spacial score (nSPS) is 18.8. The van der Waals surface area contributed by atoms with Crippen molar-refractivity contribution < 1.29 is 27.1 Å². The molecule has 1 amide bonds. The van der Waals surface area contributed by atoms with Gasteiger partial charge < -0.3 is 10.1 Å². The van der Waals surface area contributed by atoms with Crippen LogP contribution in [0, 0.1) is 11.6 Å². The number of anilines is 1. The number of hydrogen-bond donors (Lipinski definition) is 1. The van der Waals surface area contributed by atoms with Crippen LogP contribution < -0.4 is 10.1 Å². The smallest absolute Gasteiger partial charge is 0.257 e. The van der Waals surface area contributed by atoms with Gasteiger partial charge in [-0.25, -0.2) is 22.5 Å². The van der Waals surface area contributed by atoms with Crippen molar-refractivity contribution in [1.29, 1.82) is 0 Å². The molecule has 3 heterocycles. The molecule has 1 aromatic carbocycles. The Hall–Kier alpha value is -3.53. The van der Waals surface area contributed by atoms with Crippen LogP contribution in [0.5, 0.6) is 11.5 Å². The van der Waals surface area contributed by atoms with Gasteiger partial charge in [0.2, 0.25) is 5.91 Å². The molecule has 1 aliphatic heterocycles. The monoisotopic (exact) mass is 474 g/mol. The fourth-order valence-electron chi connectivity index (χ4n) is 3.82. The number of piperidine rings is 1. The lowest BCUT2D eigenvalue weighted by Gasteiger charge is -2.40. The molecule has 3 aromatic rings. The number of nitrogens with zero attached hydrogens (tertiary/aromatic N) is 3. The number of carbonyl (C=O) groups is 1. The van der Waals surface area contributed by atoms with E-state index in [-0.39, 0.29) is 36.8 Å². The third-order valence-corrected chi connectivity index (χ3v) is 5.80. The Labute approximate surface area is 193 Å². The molecule has 1 saturated heterocycles. The highest BCUT2D eigenvalue weighted by atomic mass is 19.3. The summed E-state index contributed by atoms with van der Waals surface area (Å²) in [4.78, 5) is 22.4. The summed E-state index contributed by atoms with van der Waals surface area (Å²) in [7, 11) is 0. The van der Waals surface area contributed by atoms with Gasteiger partial charge in [0.05, 0.1) is 18.2 Å². The SMILES string of the molecule is C[C@@H](C(=O)Nc1ccc(Oc2ccc(F)cc2F)cn1)N1CCC(F)(F)C(c2ccncc2)C1. The molecule has 0 aliphatic carbocycles. The Balaban J connectivity index is 1.38. The van der Waals surface area contributed by atoms with E-state index in [1.807, 2.05) is 0 Å². The molecule has 0 radical (unpaired) electrons. The zero-order chi connectivity index (χ0) is 24.3. The molecule has 6 nitrogen and oxygen atoms in total. The summed E-state index contributed by atoms with van der Waals surface area (Å²) >= 11 is 0. The molecule has 10 heteroatoms. The van der Waals surface area contributed by atoms with Gasteiger partial charge in [-0.2, -0.15) is 0 Å². The van der Waals surface area contributed by atoms with Crippen molar-refractivity contribution in [2.24, 2.45) is 0 Å². The van der Waals surface area contributed by atoms with Crippen molar-refractivity contribution in [3.8, 4) is 11.5 Å². The molecule has 1 unspecified atom stereocenters. The van der Waals surface area contributed by atoms with Crippen molar-refractivity contribution in [3.63, 3.8) is 0 Å². The lowest BCUT2D eigenvalue weighted by molar-refractivity contribution is -0.125. The zero-order valence-corrected chi connectivity index (χ0v) is 18.2. The topological polar surface area (TPSA) is 67.3 Å². The lowest BCUT2D eigenvalue weighted by Crippen LogP contribution is -2.52. The summed E-state index contributed by atoms with van der Waals surface area (Å²) < 4.78 is 61.2. The first kappa shape index (κ1) is 23.6. The first-order valence-electron chi connectivity index (χ1n) is 10.6. The van der Waals surface area contributed by atoms with Crippen LogP contribution >= 0.6 is 0 Å². The number of ether oxygens (including phenoxy) is 1. The van der Waals surface area contributed by atoms with E-state index in [9.17, 15) is 22.4 Å². The van der Waals surface area contributed by atoms with Gasteiger partial charge in [0.1, 0.15) is 17.4 Å². The van der Waals surface area contributed by atoms with Gasteiger partial charge in [-0.15, -0.1) is 0 Å². The predicted molar refractivity (Wildman–Crippen MR) is 117 cm³/mol. The van der Waals surface area contributed by atoms with Crippen LogP contribution in [-0.2, 0) is 4.79 Å². The summed E-state index contributed by atoms with van der Waals surface area (Å²) in [5.74, 6) is -5.66. The van der Waals surface area contributed by atoms with Gasteiger partial charge in [-0.3, -0.25) is 14.7 Å². The second-order valence-electron chi connectivity index (χ2n) is 8.06. The van der Waals surface area contributed by atoms with Crippen molar-refractivity contribution in [3.05, 3.63) is 78.3 Å². The molecule has 0 spiro atoms. The van der Waals surface area contributed by atoms with Crippen molar-refractivity contribution in [1.82, 2.24) is 14.9 Å². The van der Waals surface area contributed by atoms with E-state index in [4.69, 9.17) is 4.74 Å². The van der Waals surface area contributed by atoms with Crippen LogP contribution in [-0.4, -0.2) is 45.8 Å². The molecule has 34 heavy (non-hydrogen) atoms. The average molecular weight is 474 g/mol. The third-order valence-electron chi connectivity index (χ3n) is 5.80. The number of aromatic nitrogens is 2. The van der Waals surface area contributed by atoms with Crippen molar-refractivity contribution in [2.45, 2.75) is 31.2 Å². The molecule has 178 valence electrons. The Bertz CT molecular complexity index is 1150. The molecule has 2 aromatic heterocycles. The van der Waals surface area contributed by atoms with Crippen molar-refractivity contribution >= 4 is 11.7 Å². The number of alkyl halides is 2. The highest BCUT2D eigenvalue weighted by Gasteiger charge is 2.46. The summed E-state index contributed by atoms with van der Waals surface area (Å²) in [6.45, 7) is 1.75. The maximum absolute atomic E-state index is 14.6. The minimum atomic E-state index is -2.88. The van der Waals surface area contributed by atoms with E-state index in [0.29, 0.717) is 11.6 Å². The second kappa shape index (κ2) is 9.76. The maximum Gasteiger partial charge on any atom is 0.257 e. The van der Waals surface area contributed by atoms with E-state index in [0.717, 1.165) is 12.1 Å². The Morgan fingerprint density at radius 1 is 1.18 bits per heavy atom. The number of amides is 1. The predicted octanol–water partition coefficient (Wildman–Crippen LogP) is 5.00. The van der Waals surface area contributed by atoms with Gasteiger partial charge >= 0.3 is 0 Å². The number of nitrogens with one attached hydrogen (secondary N) is 1. The third kappa shape index (κ3) is 5.33. The zero-order valence-electron chi connectivity index (χ0n) is 18.2. The summed E-state index contributed by atoms with van der Waals surface area (Å²) in [6.07, 6.45) is 3.87. The van der Waals surface area contributed by atoms with E-state index in [1.165, 1.54) is 30.7 Å². The van der Waals surface area contributed by atoms with Gasteiger partial charge in [-0.1, -0.05) is 0 Å². The lowest BCUT2D eigenvalue weighted by atomic mass is 9.87. The Morgan fingerprint density at radius 2 is 1.94 bits per heavy atom. The molecule has 1 fully saturated rings. The number of hydrogen-bond acceptors (Lipinski definition) is 5. The summed E-state index contributed by atoms with van der Waals surface area (Å²) in [6, 6.07) is 8.32. The quantitative estimate of drug-likeness (QED) is 0.510. The minimum Gasteiger partial charge on any atom is -0.453 e. The molecule has 0 saturated carbocycles. The number of benzene rings is 1.